The van der Waals surface area contributed by atoms with Gasteiger partial charge < -0.3 is 15.0 Å². The minimum Gasteiger partial charge on any atom is -0.497 e. The summed E-state index contributed by atoms with van der Waals surface area (Å²) in [5, 5.41) is 2.77. The van der Waals surface area contributed by atoms with E-state index in [2.05, 4.69) is 17.4 Å². The van der Waals surface area contributed by atoms with Crippen molar-refractivity contribution in [2.45, 2.75) is 38.1 Å². The fourth-order valence-corrected chi connectivity index (χ4v) is 3.47. The molecule has 0 aliphatic carbocycles. The molecule has 1 aromatic rings. The fraction of sp³-hybridized carbons (Fsp3) is 0.556. The maximum Gasteiger partial charge on any atom is 0.245 e. The number of amides is 2. The Bertz CT molecular complexity index is 562. The molecule has 0 aromatic heterocycles. The quantitative estimate of drug-likeness (QED) is 0.921. The Kier molecular flexibility index (Phi) is 4.84. The van der Waals surface area contributed by atoms with Crippen molar-refractivity contribution in [1.29, 1.82) is 0 Å². The van der Waals surface area contributed by atoms with Gasteiger partial charge in [-0.2, -0.15) is 0 Å². The zero-order valence-corrected chi connectivity index (χ0v) is 13.6. The van der Waals surface area contributed by atoms with Gasteiger partial charge in [0.25, 0.3) is 0 Å². The first-order valence-electron chi connectivity index (χ1n) is 8.37. The van der Waals surface area contributed by atoms with E-state index in [0.29, 0.717) is 18.8 Å². The molecule has 124 valence electrons. The van der Waals surface area contributed by atoms with Crippen molar-refractivity contribution in [3.63, 3.8) is 0 Å². The van der Waals surface area contributed by atoms with Crippen molar-refractivity contribution in [3.05, 3.63) is 29.8 Å². The summed E-state index contributed by atoms with van der Waals surface area (Å²) in [7, 11) is 1.68. The number of nitrogens with one attached hydrogen (secondary N) is 1. The van der Waals surface area contributed by atoms with E-state index in [0.717, 1.165) is 38.1 Å². The van der Waals surface area contributed by atoms with E-state index in [4.69, 9.17) is 4.74 Å². The molecule has 23 heavy (non-hydrogen) atoms. The molecule has 2 aliphatic heterocycles. The van der Waals surface area contributed by atoms with E-state index in [1.54, 1.807) is 7.11 Å². The molecule has 5 nitrogen and oxygen atoms in total. The van der Waals surface area contributed by atoms with Gasteiger partial charge >= 0.3 is 0 Å². The van der Waals surface area contributed by atoms with Crippen LogP contribution in [0.3, 0.4) is 0 Å². The molecule has 0 saturated carbocycles. The monoisotopic (exact) mass is 316 g/mol. The fourth-order valence-electron chi connectivity index (χ4n) is 3.47. The lowest BCUT2D eigenvalue weighted by Gasteiger charge is -2.33. The molecule has 2 aliphatic rings. The summed E-state index contributed by atoms with van der Waals surface area (Å²) in [5.41, 5.74) is 1.32. The molecular formula is C18H24N2O3. The van der Waals surface area contributed by atoms with Crippen LogP contribution in [0.2, 0.25) is 0 Å². The second kappa shape index (κ2) is 7.02. The van der Waals surface area contributed by atoms with Crippen LogP contribution in [0.4, 0.5) is 0 Å². The Morgan fingerprint density at radius 3 is 2.48 bits per heavy atom. The maximum absolute atomic E-state index is 12.4. The van der Waals surface area contributed by atoms with Crippen molar-refractivity contribution in [2.24, 2.45) is 5.92 Å². The molecule has 0 spiro atoms. The van der Waals surface area contributed by atoms with E-state index in [-0.39, 0.29) is 17.9 Å². The van der Waals surface area contributed by atoms with Crippen molar-refractivity contribution in [2.75, 3.05) is 20.2 Å². The Balaban J connectivity index is 1.48. The predicted octanol–water partition coefficient (Wildman–Crippen LogP) is 1.75. The van der Waals surface area contributed by atoms with Crippen LogP contribution in [0.15, 0.2) is 24.3 Å². The van der Waals surface area contributed by atoms with Gasteiger partial charge in [-0.15, -0.1) is 0 Å². The van der Waals surface area contributed by atoms with Crippen molar-refractivity contribution in [1.82, 2.24) is 10.2 Å². The van der Waals surface area contributed by atoms with Crippen molar-refractivity contribution >= 4 is 11.8 Å². The Labute approximate surface area is 137 Å². The highest BCUT2D eigenvalue weighted by atomic mass is 16.5. The number of nitrogens with zero attached hydrogens (tertiary/aromatic N) is 1. The number of carbonyl (C=O) groups is 2. The Morgan fingerprint density at radius 1 is 1.22 bits per heavy atom. The zero-order chi connectivity index (χ0) is 16.2. The van der Waals surface area contributed by atoms with E-state index in [1.165, 1.54) is 5.56 Å². The second-order valence-corrected chi connectivity index (χ2v) is 6.48. The van der Waals surface area contributed by atoms with E-state index in [1.807, 2.05) is 17.0 Å². The first-order valence-corrected chi connectivity index (χ1v) is 8.37. The number of rotatable bonds is 4. The molecule has 0 radical (unpaired) electrons. The van der Waals surface area contributed by atoms with Gasteiger partial charge in [0.05, 0.1) is 7.11 Å². The van der Waals surface area contributed by atoms with Crippen molar-refractivity contribution in [3.8, 4) is 5.75 Å². The lowest BCUT2D eigenvalue weighted by atomic mass is 9.90. The summed E-state index contributed by atoms with van der Waals surface area (Å²) in [6.07, 6.45) is 4.22. The molecular weight excluding hydrogens is 292 g/mol. The van der Waals surface area contributed by atoms with Crippen LogP contribution in [0.1, 0.15) is 31.2 Å². The third kappa shape index (κ3) is 3.84. The zero-order valence-electron chi connectivity index (χ0n) is 13.6. The van der Waals surface area contributed by atoms with E-state index in [9.17, 15) is 9.59 Å². The molecule has 2 heterocycles. The molecule has 3 rings (SSSR count). The number of carbonyl (C=O) groups excluding carboxylic acids is 2. The number of methoxy groups -OCH3 is 1. The average molecular weight is 316 g/mol. The van der Waals surface area contributed by atoms with Crippen LogP contribution in [-0.4, -0.2) is 43.0 Å². The van der Waals surface area contributed by atoms with Crippen LogP contribution in [0, 0.1) is 5.92 Å². The average Bonchev–Trinajstić information content (AvgIpc) is 3.02. The lowest BCUT2D eigenvalue weighted by Crippen LogP contribution is -2.47. The summed E-state index contributed by atoms with van der Waals surface area (Å²) >= 11 is 0. The summed E-state index contributed by atoms with van der Waals surface area (Å²) in [4.78, 5) is 25.5. The summed E-state index contributed by atoms with van der Waals surface area (Å²) in [6, 6.07) is 7.93. The van der Waals surface area contributed by atoms with Crippen LogP contribution in [-0.2, 0) is 16.0 Å². The summed E-state index contributed by atoms with van der Waals surface area (Å²) in [5.74, 6) is 1.59. The summed E-state index contributed by atoms with van der Waals surface area (Å²) < 4.78 is 5.18. The van der Waals surface area contributed by atoms with Crippen LogP contribution >= 0.6 is 0 Å². The number of likely N-dealkylation sites (tertiary alicyclic amines) is 1. The van der Waals surface area contributed by atoms with Gasteiger partial charge in [-0.3, -0.25) is 9.59 Å². The third-order valence-corrected chi connectivity index (χ3v) is 4.90. The SMILES string of the molecule is COc1ccc(CC2CCN(C(=O)[C@H]3CCC(=O)N3)CC2)cc1. The van der Waals surface area contributed by atoms with Gasteiger partial charge in [-0.1, -0.05) is 12.1 Å². The standard InChI is InChI=1S/C18H24N2O3/c1-23-15-4-2-13(3-5-15)12-14-8-10-20(11-9-14)18(22)16-6-7-17(21)19-16/h2-5,14,16H,6-12H2,1H3,(H,19,21)/t16-/m1/s1. The minimum absolute atomic E-state index is 0.00209. The highest BCUT2D eigenvalue weighted by molar-refractivity contribution is 5.90. The molecule has 2 amide bonds. The molecule has 1 atom stereocenters. The molecule has 2 saturated heterocycles. The first-order chi connectivity index (χ1) is 11.2. The van der Waals surface area contributed by atoms with Crippen molar-refractivity contribution < 1.29 is 14.3 Å². The first kappa shape index (κ1) is 15.8. The normalized spacial score (nSPS) is 22.0. The predicted molar refractivity (Wildman–Crippen MR) is 87.2 cm³/mol. The number of ether oxygens (including phenoxy) is 1. The highest BCUT2D eigenvalue weighted by Crippen LogP contribution is 2.24. The Morgan fingerprint density at radius 2 is 1.91 bits per heavy atom. The number of hydrogen-bond donors (Lipinski definition) is 1. The molecule has 0 bridgehead atoms. The minimum atomic E-state index is -0.291. The van der Waals surface area contributed by atoms with E-state index < -0.39 is 0 Å². The maximum atomic E-state index is 12.4. The van der Waals surface area contributed by atoms with Crippen LogP contribution in [0.25, 0.3) is 0 Å². The highest BCUT2D eigenvalue weighted by Gasteiger charge is 2.32. The molecule has 2 fully saturated rings. The second-order valence-electron chi connectivity index (χ2n) is 6.48. The van der Waals surface area contributed by atoms with Gasteiger partial charge in [-0.25, -0.2) is 0 Å². The largest absolute Gasteiger partial charge is 0.497 e. The Hall–Kier alpha value is -2.04. The molecule has 0 unspecified atom stereocenters. The smallest absolute Gasteiger partial charge is 0.245 e. The molecule has 5 heteroatoms. The van der Waals surface area contributed by atoms with E-state index >= 15 is 0 Å². The van der Waals surface area contributed by atoms with Gasteiger partial charge in [0.15, 0.2) is 0 Å². The topological polar surface area (TPSA) is 58.6 Å². The van der Waals surface area contributed by atoms with Crippen LogP contribution in [0.5, 0.6) is 5.75 Å². The molecule has 1 N–H and O–H groups in total. The number of hydrogen-bond acceptors (Lipinski definition) is 3. The van der Waals surface area contributed by atoms with Gasteiger partial charge in [0.1, 0.15) is 11.8 Å². The van der Waals surface area contributed by atoms with Crippen LogP contribution < -0.4 is 10.1 Å². The number of piperidine rings is 1. The van der Waals surface area contributed by atoms with Gasteiger partial charge in [0.2, 0.25) is 11.8 Å². The molecule has 1 aromatic carbocycles. The number of benzene rings is 1. The van der Waals surface area contributed by atoms with Gasteiger partial charge in [0, 0.05) is 19.5 Å². The lowest BCUT2D eigenvalue weighted by molar-refractivity contribution is -0.135. The third-order valence-electron chi connectivity index (χ3n) is 4.90. The summed E-state index contributed by atoms with van der Waals surface area (Å²) in [6.45, 7) is 1.60. The van der Waals surface area contributed by atoms with Gasteiger partial charge in [-0.05, 0) is 49.3 Å².